The maximum Gasteiger partial charge on any atom is 0.183 e. The summed E-state index contributed by atoms with van der Waals surface area (Å²) in [5.41, 5.74) is 0.219. The van der Waals surface area contributed by atoms with E-state index in [1.54, 1.807) is 0 Å². The Morgan fingerprint density at radius 1 is 1.44 bits per heavy atom. The standard InChI is InChI=1S/C12H12F2N2OS/c13-7-4-9(14)11-10(5-7)18-12(16-11)15-6-8-2-1-3-17-8/h4-5,8H,1-3,6H2,(H,15,16). The molecule has 2 heterocycles. The monoisotopic (exact) mass is 270 g/mol. The Kier molecular flexibility index (Phi) is 3.13. The number of rotatable bonds is 3. The topological polar surface area (TPSA) is 34.2 Å². The molecular formula is C12H12F2N2OS. The first-order chi connectivity index (χ1) is 8.72. The molecule has 0 radical (unpaired) electrons. The highest BCUT2D eigenvalue weighted by molar-refractivity contribution is 7.22. The number of ether oxygens (including phenoxy) is 1. The zero-order valence-corrected chi connectivity index (χ0v) is 10.4. The molecule has 1 aliphatic rings. The van der Waals surface area contributed by atoms with Crippen molar-refractivity contribution >= 4 is 26.7 Å². The number of benzene rings is 1. The van der Waals surface area contributed by atoms with E-state index in [0.29, 0.717) is 16.4 Å². The van der Waals surface area contributed by atoms with E-state index in [0.717, 1.165) is 25.5 Å². The minimum atomic E-state index is -0.619. The fraction of sp³-hybridized carbons (Fsp3) is 0.417. The average Bonchev–Trinajstić information content (AvgIpc) is 2.93. The van der Waals surface area contributed by atoms with Crippen molar-refractivity contribution in [1.82, 2.24) is 4.98 Å². The van der Waals surface area contributed by atoms with Crippen molar-refractivity contribution < 1.29 is 13.5 Å². The molecule has 1 aromatic carbocycles. The average molecular weight is 270 g/mol. The molecule has 2 aromatic rings. The highest BCUT2D eigenvalue weighted by Gasteiger charge is 2.16. The molecule has 1 aromatic heterocycles. The second kappa shape index (κ2) is 4.78. The van der Waals surface area contributed by atoms with Crippen molar-refractivity contribution in [1.29, 1.82) is 0 Å². The van der Waals surface area contributed by atoms with Crippen LogP contribution in [0, 0.1) is 11.6 Å². The smallest absolute Gasteiger partial charge is 0.183 e. The number of aromatic nitrogens is 1. The van der Waals surface area contributed by atoms with Crippen LogP contribution in [0.3, 0.4) is 0 Å². The zero-order chi connectivity index (χ0) is 12.5. The van der Waals surface area contributed by atoms with Gasteiger partial charge in [0.1, 0.15) is 11.3 Å². The van der Waals surface area contributed by atoms with Crippen LogP contribution in [0.2, 0.25) is 0 Å². The third-order valence-electron chi connectivity index (χ3n) is 2.92. The van der Waals surface area contributed by atoms with Gasteiger partial charge in [0.25, 0.3) is 0 Å². The molecular weight excluding hydrogens is 258 g/mol. The van der Waals surface area contributed by atoms with E-state index in [4.69, 9.17) is 4.74 Å². The number of nitrogens with one attached hydrogen (secondary N) is 1. The number of anilines is 1. The molecule has 0 amide bonds. The predicted molar refractivity (Wildman–Crippen MR) is 67.0 cm³/mol. The molecule has 1 unspecified atom stereocenters. The first-order valence-corrected chi connectivity index (χ1v) is 6.65. The van der Waals surface area contributed by atoms with E-state index in [1.165, 1.54) is 17.4 Å². The van der Waals surface area contributed by atoms with Crippen LogP contribution in [-0.4, -0.2) is 24.2 Å². The summed E-state index contributed by atoms with van der Waals surface area (Å²) in [6, 6.07) is 2.15. The molecule has 0 aliphatic carbocycles. The van der Waals surface area contributed by atoms with Gasteiger partial charge in [0.2, 0.25) is 0 Å². The number of fused-ring (bicyclic) bond motifs is 1. The molecule has 1 aliphatic heterocycles. The molecule has 1 fully saturated rings. The highest BCUT2D eigenvalue weighted by atomic mass is 32.1. The van der Waals surface area contributed by atoms with Crippen LogP contribution in [0.1, 0.15) is 12.8 Å². The molecule has 18 heavy (non-hydrogen) atoms. The number of hydrogen-bond donors (Lipinski definition) is 1. The summed E-state index contributed by atoms with van der Waals surface area (Å²) in [6.45, 7) is 1.45. The maximum absolute atomic E-state index is 13.5. The molecule has 0 saturated carbocycles. The Labute approximate surface area is 107 Å². The van der Waals surface area contributed by atoms with E-state index in [2.05, 4.69) is 10.3 Å². The van der Waals surface area contributed by atoms with Gasteiger partial charge in [-0.05, 0) is 18.9 Å². The SMILES string of the molecule is Fc1cc(F)c2nc(NCC3CCCO3)sc2c1. The lowest BCUT2D eigenvalue weighted by Crippen LogP contribution is -2.18. The number of hydrogen-bond acceptors (Lipinski definition) is 4. The summed E-state index contributed by atoms with van der Waals surface area (Å²) < 4.78 is 32.5. The van der Waals surface area contributed by atoms with Crippen LogP contribution in [-0.2, 0) is 4.74 Å². The van der Waals surface area contributed by atoms with Gasteiger partial charge < -0.3 is 10.1 Å². The minimum absolute atomic E-state index is 0.193. The summed E-state index contributed by atoms with van der Waals surface area (Å²) in [5.74, 6) is -1.19. The third-order valence-corrected chi connectivity index (χ3v) is 3.88. The van der Waals surface area contributed by atoms with Gasteiger partial charge >= 0.3 is 0 Å². The highest BCUT2D eigenvalue weighted by Crippen LogP contribution is 2.28. The molecule has 6 heteroatoms. The van der Waals surface area contributed by atoms with Crippen LogP contribution < -0.4 is 5.32 Å². The molecule has 3 nitrogen and oxygen atoms in total. The summed E-state index contributed by atoms with van der Waals surface area (Å²) in [4.78, 5) is 4.12. The number of nitrogens with zero attached hydrogens (tertiary/aromatic N) is 1. The van der Waals surface area contributed by atoms with E-state index < -0.39 is 11.6 Å². The van der Waals surface area contributed by atoms with Crippen molar-refractivity contribution in [2.24, 2.45) is 0 Å². The lowest BCUT2D eigenvalue weighted by molar-refractivity contribution is 0.120. The summed E-state index contributed by atoms with van der Waals surface area (Å²) in [5, 5.41) is 3.72. The summed E-state index contributed by atoms with van der Waals surface area (Å²) >= 11 is 1.25. The third kappa shape index (κ3) is 2.30. The number of halogens is 2. The van der Waals surface area contributed by atoms with E-state index in [9.17, 15) is 8.78 Å². The summed E-state index contributed by atoms with van der Waals surface area (Å²) in [6.07, 6.45) is 2.30. The van der Waals surface area contributed by atoms with Gasteiger partial charge in [-0.15, -0.1) is 0 Å². The predicted octanol–water partition coefficient (Wildman–Crippen LogP) is 3.17. The summed E-state index contributed by atoms with van der Waals surface area (Å²) in [7, 11) is 0. The van der Waals surface area contributed by atoms with Crippen LogP contribution >= 0.6 is 11.3 Å². The second-order valence-corrected chi connectivity index (χ2v) is 5.30. The van der Waals surface area contributed by atoms with Gasteiger partial charge in [-0.2, -0.15) is 0 Å². The van der Waals surface area contributed by atoms with Crippen molar-refractivity contribution in [2.75, 3.05) is 18.5 Å². The van der Waals surface area contributed by atoms with Crippen molar-refractivity contribution in [3.05, 3.63) is 23.8 Å². The minimum Gasteiger partial charge on any atom is -0.376 e. The Morgan fingerprint density at radius 2 is 2.33 bits per heavy atom. The lowest BCUT2D eigenvalue weighted by Gasteiger charge is -2.08. The molecule has 96 valence electrons. The molecule has 0 bridgehead atoms. The molecule has 0 spiro atoms. The van der Waals surface area contributed by atoms with Gasteiger partial charge in [0.05, 0.1) is 10.8 Å². The van der Waals surface area contributed by atoms with Crippen LogP contribution in [0.4, 0.5) is 13.9 Å². The van der Waals surface area contributed by atoms with Gasteiger partial charge in [-0.1, -0.05) is 11.3 Å². The Morgan fingerprint density at radius 3 is 3.11 bits per heavy atom. The fourth-order valence-corrected chi connectivity index (χ4v) is 2.95. The second-order valence-electron chi connectivity index (χ2n) is 4.27. The van der Waals surface area contributed by atoms with E-state index in [-0.39, 0.29) is 11.6 Å². The Bertz CT molecular complexity index is 566. The van der Waals surface area contributed by atoms with Crippen molar-refractivity contribution in [2.45, 2.75) is 18.9 Å². The first-order valence-electron chi connectivity index (χ1n) is 5.83. The van der Waals surface area contributed by atoms with Crippen LogP contribution in [0.25, 0.3) is 10.2 Å². The first kappa shape index (κ1) is 11.8. The molecule has 1 N–H and O–H groups in total. The van der Waals surface area contributed by atoms with E-state index >= 15 is 0 Å². The van der Waals surface area contributed by atoms with Gasteiger partial charge in [-0.25, -0.2) is 13.8 Å². The fourth-order valence-electron chi connectivity index (χ4n) is 2.04. The molecule has 3 rings (SSSR count). The largest absolute Gasteiger partial charge is 0.376 e. The Hall–Kier alpha value is -1.27. The quantitative estimate of drug-likeness (QED) is 0.930. The van der Waals surface area contributed by atoms with Gasteiger partial charge in [0, 0.05) is 19.2 Å². The maximum atomic E-state index is 13.5. The van der Waals surface area contributed by atoms with Crippen molar-refractivity contribution in [3.8, 4) is 0 Å². The van der Waals surface area contributed by atoms with Gasteiger partial charge in [0.15, 0.2) is 10.9 Å². The molecule has 1 saturated heterocycles. The Balaban J connectivity index is 1.78. The normalized spacial score (nSPS) is 19.6. The van der Waals surface area contributed by atoms with Gasteiger partial charge in [-0.3, -0.25) is 0 Å². The van der Waals surface area contributed by atoms with Crippen LogP contribution in [0.15, 0.2) is 12.1 Å². The number of thiazole rings is 1. The molecule has 1 atom stereocenters. The lowest BCUT2D eigenvalue weighted by atomic mass is 10.2. The van der Waals surface area contributed by atoms with E-state index in [1.807, 2.05) is 0 Å². The zero-order valence-electron chi connectivity index (χ0n) is 9.58. The van der Waals surface area contributed by atoms with Crippen molar-refractivity contribution in [3.63, 3.8) is 0 Å². The van der Waals surface area contributed by atoms with Crippen LogP contribution in [0.5, 0.6) is 0 Å².